The van der Waals surface area contributed by atoms with Gasteiger partial charge in [0.1, 0.15) is 18.0 Å². The molecule has 10 heteroatoms. The number of nitrogens with one attached hydrogen (secondary N) is 1. The summed E-state index contributed by atoms with van der Waals surface area (Å²) in [5.74, 6) is -4.97. The molecule has 0 radical (unpaired) electrons. The Morgan fingerprint density at radius 3 is 2.52 bits per heavy atom. The van der Waals surface area contributed by atoms with E-state index in [0.717, 1.165) is 7.11 Å². The summed E-state index contributed by atoms with van der Waals surface area (Å²) in [4.78, 5) is 23.5. The van der Waals surface area contributed by atoms with Crippen molar-refractivity contribution in [1.82, 2.24) is 5.32 Å². The number of carbonyl (C=O) groups is 2. The van der Waals surface area contributed by atoms with Gasteiger partial charge in [0.15, 0.2) is 0 Å². The number of carboxylic acid groups (broad SMARTS) is 1. The number of methoxy groups -OCH3 is 1. The van der Waals surface area contributed by atoms with Gasteiger partial charge in [0.05, 0.1) is 25.4 Å². The summed E-state index contributed by atoms with van der Waals surface area (Å²) >= 11 is 0. The highest BCUT2D eigenvalue weighted by Gasteiger charge is 2.55. The monoisotopic (exact) mass is 365 g/mol. The third-order valence-electron chi connectivity index (χ3n) is 4.33. The number of carbonyl (C=O) groups excluding carboxylic acids is 1. The van der Waals surface area contributed by atoms with Crippen LogP contribution in [0.3, 0.4) is 0 Å². The molecule has 6 unspecified atom stereocenters. The Morgan fingerprint density at radius 2 is 2.04 bits per heavy atom. The Morgan fingerprint density at radius 1 is 1.40 bits per heavy atom. The number of ketones is 1. The lowest BCUT2D eigenvalue weighted by Gasteiger charge is -2.46. The third-order valence-corrected chi connectivity index (χ3v) is 4.33. The second-order valence-electron chi connectivity index (χ2n) is 6.04. The van der Waals surface area contributed by atoms with Gasteiger partial charge in [-0.2, -0.15) is 0 Å². The number of aliphatic hydroxyl groups excluding tert-OH is 4. The molecule has 0 aromatic rings. The van der Waals surface area contributed by atoms with Crippen LogP contribution in [0.5, 0.6) is 0 Å². The van der Waals surface area contributed by atoms with E-state index < -0.39 is 55.1 Å². The van der Waals surface area contributed by atoms with Crippen molar-refractivity contribution in [1.29, 1.82) is 0 Å². The molecule has 0 spiro atoms. The molecule has 0 saturated carbocycles. The van der Waals surface area contributed by atoms with Gasteiger partial charge in [-0.25, -0.2) is 4.79 Å². The second-order valence-corrected chi connectivity index (χ2v) is 6.04. The summed E-state index contributed by atoms with van der Waals surface area (Å²) in [5.41, 5.74) is 0. The maximum Gasteiger partial charge on any atom is 0.364 e. The van der Waals surface area contributed by atoms with E-state index in [1.54, 1.807) is 0 Å². The van der Waals surface area contributed by atoms with Crippen molar-refractivity contribution in [3.8, 4) is 0 Å². The maximum atomic E-state index is 12.0. The van der Waals surface area contributed by atoms with E-state index >= 15 is 0 Å². The van der Waals surface area contributed by atoms with Gasteiger partial charge in [0, 0.05) is 25.9 Å². The molecule has 1 heterocycles. The van der Waals surface area contributed by atoms with Gasteiger partial charge >= 0.3 is 5.97 Å². The fourth-order valence-electron chi connectivity index (χ4n) is 2.86. The van der Waals surface area contributed by atoms with E-state index in [1.165, 1.54) is 0 Å². The van der Waals surface area contributed by atoms with E-state index in [1.807, 2.05) is 6.92 Å². The Bertz CT molecular complexity index is 460. The van der Waals surface area contributed by atoms with Crippen LogP contribution in [-0.2, 0) is 19.1 Å². The minimum Gasteiger partial charge on any atom is -0.477 e. The van der Waals surface area contributed by atoms with Crippen LogP contribution in [0.25, 0.3) is 0 Å². The molecule has 6 atom stereocenters. The number of aliphatic carboxylic acids is 1. The van der Waals surface area contributed by atoms with Crippen LogP contribution < -0.4 is 5.32 Å². The lowest BCUT2D eigenvalue weighted by atomic mass is 9.80. The normalized spacial score (nSPS) is 32.2. The summed E-state index contributed by atoms with van der Waals surface area (Å²) < 4.78 is 10.3. The Hall–Kier alpha value is -1.14. The van der Waals surface area contributed by atoms with Crippen LogP contribution in [0.4, 0.5) is 0 Å². The van der Waals surface area contributed by atoms with Gasteiger partial charge in [0.25, 0.3) is 5.79 Å². The van der Waals surface area contributed by atoms with Gasteiger partial charge in [-0.15, -0.1) is 0 Å². The summed E-state index contributed by atoms with van der Waals surface area (Å²) in [5, 5.41) is 51.5. The van der Waals surface area contributed by atoms with Crippen LogP contribution in [-0.4, -0.2) is 94.3 Å². The smallest absolute Gasteiger partial charge is 0.364 e. The molecule has 0 aliphatic carbocycles. The number of hydrogen-bond donors (Lipinski definition) is 6. The van der Waals surface area contributed by atoms with Crippen molar-refractivity contribution in [2.75, 3.05) is 26.8 Å². The highest BCUT2D eigenvalue weighted by Crippen LogP contribution is 2.37. The molecular weight excluding hydrogens is 338 g/mol. The molecule has 1 aliphatic heterocycles. The van der Waals surface area contributed by atoms with Crippen LogP contribution in [0.1, 0.15) is 19.8 Å². The lowest BCUT2D eigenvalue weighted by molar-refractivity contribution is -0.312. The number of hydrogen-bond acceptors (Lipinski definition) is 9. The molecule has 0 aromatic carbocycles. The van der Waals surface area contributed by atoms with Crippen molar-refractivity contribution < 1.29 is 44.6 Å². The summed E-state index contributed by atoms with van der Waals surface area (Å²) in [6.45, 7) is 1.62. The zero-order valence-corrected chi connectivity index (χ0v) is 14.3. The minimum absolute atomic E-state index is 0.0411. The van der Waals surface area contributed by atoms with E-state index in [0.29, 0.717) is 6.54 Å². The Labute approximate surface area is 145 Å². The number of rotatable bonds is 10. The molecule has 1 aliphatic rings. The third kappa shape index (κ3) is 5.17. The van der Waals surface area contributed by atoms with E-state index in [2.05, 4.69) is 5.32 Å². The lowest BCUT2D eigenvalue weighted by Crippen LogP contribution is -2.61. The largest absolute Gasteiger partial charge is 0.477 e. The van der Waals surface area contributed by atoms with Crippen molar-refractivity contribution in [3.63, 3.8) is 0 Å². The first-order valence-corrected chi connectivity index (χ1v) is 8.06. The highest BCUT2D eigenvalue weighted by molar-refractivity contribution is 5.81. The van der Waals surface area contributed by atoms with Crippen molar-refractivity contribution >= 4 is 11.8 Å². The molecule has 1 rings (SSSR count). The first kappa shape index (κ1) is 21.9. The Balaban J connectivity index is 3.07. The molecule has 0 aromatic heterocycles. The standard InChI is InChI=1S/C15H27NO9/c1-3-16-6-8(18)4-9-10(19)5-15(24-2,14(22)23)25-13(9)12(21)11(20)7-17/h9-13,16-17,19-21H,3-7H2,1-2H3,(H,22,23). The molecular formula is C15H27NO9. The van der Waals surface area contributed by atoms with Crippen LogP contribution in [0.15, 0.2) is 0 Å². The van der Waals surface area contributed by atoms with Crippen molar-refractivity contribution in [2.45, 2.75) is 50.0 Å². The van der Waals surface area contributed by atoms with Crippen LogP contribution in [0, 0.1) is 5.92 Å². The maximum absolute atomic E-state index is 12.0. The number of Topliss-reactive ketones (excluding diaryl/α,β-unsaturated/α-hetero) is 1. The summed E-state index contributed by atoms with van der Waals surface area (Å²) in [6.07, 6.45) is -6.76. The zero-order valence-electron chi connectivity index (χ0n) is 14.3. The molecule has 146 valence electrons. The molecule has 0 bridgehead atoms. The predicted octanol–water partition coefficient (Wildman–Crippen LogP) is -2.54. The quantitative estimate of drug-likeness (QED) is 0.243. The molecule has 1 saturated heterocycles. The van der Waals surface area contributed by atoms with Crippen LogP contribution >= 0.6 is 0 Å². The summed E-state index contributed by atoms with van der Waals surface area (Å²) in [6, 6.07) is 0. The highest BCUT2D eigenvalue weighted by atomic mass is 16.7. The predicted molar refractivity (Wildman–Crippen MR) is 83.6 cm³/mol. The Kier molecular flexibility index (Phi) is 8.35. The van der Waals surface area contributed by atoms with Crippen molar-refractivity contribution in [2.24, 2.45) is 5.92 Å². The average molecular weight is 365 g/mol. The molecule has 6 N–H and O–H groups in total. The van der Waals surface area contributed by atoms with Crippen molar-refractivity contribution in [3.05, 3.63) is 0 Å². The second kappa shape index (κ2) is 9.53. The first-order valence-electron chi connectivity index (χ1n) is 8.06. The fourth-order valence-corrected chi connectivity index (χ4v) is 2.86. The van der Waals surface area contributed by atoms with E-state index in [4.69, 9.17) is 14.6 Å². The van der Waals surface area contributed by atoms with Gasteiger partial charge < -0.3 is 40.3 Å². The van der Waals surface area contributed by atoms with Gasteiger partial charge in [0.2, 0.25) is 0 Å². The molecule has 1 fully saturated rings. The number of carboxylic acids is 1. The average Bonchev–Trinajstić information content (AvgIpc) is 2.59. The molecule has 25 heavy (non-hydrogen) atoms. The first-order chi connectivity index (χ1) is 11.7. The topological polar surface area (TPSA) is 166 Å². The van der Waals surface area contributed by atoms with Gasteiger partial charge in [-0.1, -0.05) is 6.92 Å². The van der Waals surface area contributed by atoms with Crippen LogP contribution in [0.2, 0.25) is 0 Å². The van der Waals surface area contributed by atoms with E-state index in [9.17, 15) is 30.0 Å². The fraction of sp³-hybridized carbons (Fsp3) is 0.867. The SMILES string of the molecule is CCNCC(=O)CC1C(O)CC(OC)(C(=O)O)OC1C(O)C(O)CO. The zero-order chi connectivity index (χ0) is 19.2. The molecule has 10 nitrogen and oxygen atoms in total. The number of likely N-dealkylation sites (N-methyl/N-ethyl adjacent to an activating group) is 1. The van der Waals surface area contributed by atoms with Gasteiger partial charge in [-0.05, 0) is 6.54 Å². The molecule has 0 amide bonds. The van der Waals surface area contributed by atoms with E-state index in [-0.39, 0.29) is 18.7 Å². The minimum atomic E-state index is -2.22. The van der Waals surface area contributed by atoms with Gasteiger partial charge in [-0.3, -0.25) is 4.79 Å². The number of ether oxygens (including phenoxy) is 2. The summed E-state index contributed by atoms with van der Waals surface area (Å²) in [7, 11) is 1.07. The number of aliphatic hydroxyl groups is 4.